The Labute approximate surface area is 131 Å². The molecule has 0 aromatic heterocycles. The zero-order chi connectivity index (χ0) is 16.3. The second kappa shape index (κ2) is 6.61. The van der Waals surface area contributed by atoms with Crippen molar-refractivity contribution in [3.63, 3.8) is 0 Å². The van der Waals surface area contributed by atoms with Crippen LogP contribution in [0.25, 0.3) is 0 Å². The number of likely N-dealkylation sites (tertiary alicyclic amines) is 1. The monoisotopic (exact) mass is 321 g/mol. The summed E-state index contributed by atoms with van der Waals surface area (Å²) >= 11 is 1.02. The zero-order valence-corrected chi connectivity index (χ0v) is 12.7. The van der Waals surface area contributed by atoms with Gasteiger partial charge in [0.15, 0.2) is 0 Å². The average Bonchev–Trinajstić information content (AvgIpc) is 2.73. The fraction of sp³-hybridized carbons (Fsp3) is 0.286. The molecular weight excluding hydrogens is 306 g/mol. The van der Waals surface area contributed by atoms with Gasteiger partial charge in [-0.2, -0.15) is 4.90 Å². The third-order valence-corrected chi connectivity index (χ3v) is 4.28. The molecular formula is C14H15N3O4S. The van der Waals surface area contributed by atoms with Crippen LogP contribution in [0, 0.1) is 6.92 Å². The molecule has 0 spiro atoms. The average molecular weight is 321 g/mol. The van der Waals surface area contributed by atoms with Gasteiger partial charge in [0.2, 0.25) is 11.8 Å². The van der Waals surface area contributed by atoms with Crippen molar-refractivity contribution in [3.05, 3.63) is 29.8 Å². The lowest BCUT2D eigenvalue weighted by Gasteiger charge is -2.10. The van der Waals surface area contributed by atoms with Crippen LogP contribution in [0.1, 0.15) is 12.0 Å². The summed E-state index contributed by atoms with van der Waals surface area (Å²) in [6, 6.07) is 6.20. The summed E-state index contributed by atoms with van der Waals surface area (Å²) in [5, 5.41) is 1.95. The second-order valence-electron chi connectivity index (χ2n) is 4.82. The van der Waals surface area contributed by atoms with Crippen LogP contribution in [-0.4, -0.2) is 39.7 Å². The molecule has 8 heteroatoms. The molecule has 2 rings (SSSR count). The minimum atomic E-state index is -1.08. The molecule has 116 valence electrons. The number of urea groups is 1. The number of thioether (sulfide) groups is 1. The van der Waals surface area contributed by atoms with Crippen LogP contribution < -0.4 is 11.1 Å². The van der Waals surface area contributed by atoms with Gasteiger partial charge in [-0.3, -0.25) is 14.4 Å². The minimum absolute atomic E-state index is 0.00413. The summed E-state index contributed by atoms with van der Waals surface area (Å²) in [5.74, 6) is -1.57. The molecule has 7 nitrogen and oxygen atoms in total. The van der Waals surface area contributed by atoms with Gasteiger partial charge in [-0.05, 0) is 19.1 Å². The van der Waals surface area contributed by atoms with E-state index in [0.717, 1.165) is 17.3 Å². The second-order valence-corrected chi connectivity index (χ2v) is 6.01. The van der Waals surface area contributed by atoms with E-state index in [2.05, 4.69) is 5.32 Å². The number of hydrogen-bond acceptors (Lipinski definition) is 5. The Kier molecular flexibility index (Phi) is 4.81. The number of carbonyl (C=O) groups excluding carboxylic acids is 4. The number of nitrogens with zero attached hydrogens (tertiary/aromatic N) is 1. The maximum absolute atomic E-state index is 11.8. The quantitative estimate of drug-likeness (QED) is 0.800. The number of carbonyl (C=O) groups is 4. The Morgan fingerprint density at radius 3 is 2.50 bits per heavy atom. The van der Waals surface area contributed by atoms with Crippen molar-refractivity contribution in [2.45, 2.75) is 18.6 Å². The number of anilines is 1. The van der Waals surface area contributed by atoms with Crippen LogP contribution in [0.3, 0.4) is 0 Å². The van der Waals surface area contributed by atoms with Gasteiger partial charge in [0, 0.05) is 12.1 Å². The molecule has 5 amide bonds. The van der Waals surface area contributed by atoms with Gasteiger partial charge in [-0.15, -0.1) is 11.8 Å². The normalized spacial score (nSPS) is 17.7. The van der Waals surface area contributed by atoms with E-state index in [-0.39, 0.29) is 18.1 Å². The predicted molar refractivity (Wildman–Crippen MR) is 82.1 cm³/mol. The molecule has 1 heterocycles. The van der Waals surface area contributed by atoms with E-state index >= 15 is 0 Å². The van der Waals surface area contributed by atoms with Crippen molar-refractivity contribution < 1.29 is 19.2 Å². The summed E-state index contributed by atoms with van der Waals surface area (Å²) in [6.07, 6.45) is -0.121. The first-order valence-corrected chi connectivity index (χ1v) is 7.57. The van der Waals surface area contributed by atoms with Gasteiger partial charge in [0.25, 0.3) is 5.91 Å². The van der Waals surface area contributed by atoms with Crippen molar-refractivity contribution in [3.8, 4) is 0 Å². The van der Waals surface area contributed by atoms with E-state index in [9.17, 15) is 19.2 Å². The topological polar surface area (TPSA) is 110 Å². The first-order chi connectivity index (χ1) is 10.4. The molecule has 0 radical (unpaired) electrons. The molecule has 3 N–H and O–H groups in total. The fourth-order valence-electron chi connectivity index (χ4n) is 1.98. The molecule has 1 aromatic rings. The highest BCUT2D eigenvalue weighted by molar-refractivity contribution is 8.01. The molecule has 1 aliphatic rings. The van der Waals surface area contributed by atoms with Crippen LogP contribution >= 0.6 is 11.8 Å². The molecule has 0 aliphatic carbocycles. The Balaban J connectivity index is 1.86. The van der Waals surface area contributed by atoms with Gasteiger partial charge in [0.05, 0.1) is 11.0 Å². The van der Waals surface area contributed by atoms with Gasteiger partial charge < -0.3 is 11.1 Å². The van der Waals surface area contributed by atoms with Gasteiger partial charge in [-0.1, -0.05) is 17.7 Å². The van der Waals surface area contributed by atoms with E-state index < -0.39 is 23.1 Å². The number of primary amides is 1. The van der Waals surface area contributed by atoms with E-state index in [1.807, 2.05) is 19.1 Å². The Morgan fingerprint density at radius 1 is 1.32 bits per heavy atom. The van der Waals surface area contributed by atoms with E-state index in [1.165, 1.54) is 0 Å². The number of hydrogen-bond donors (Lipinski definition) is 2. The van der Waals surface area contributed by atoms with Crippen LogP contribution in [0.5, 0.6) is 0 Å². The molecule has 1 atom stereocenters. The first kappa shape index (κ1) is 16.0. The lowest BCUT2D eigenvalue weighted by molar-refractivity contribution is -0.134. The number of nitrogens with one attached hydrogen (secondary N) is 1. The highest BCUT2D eigenvalue weighted by Gasteiger charge is 2.42. The van der Waals surface area contributed by atoms with Crippen molar-refractivity contribution in [1.29, 1.82) is 0 Å². The maximum atomic E-state index is 11.8. The van der Waals surface area contributed by atoms with Crippen molar-refractivity contribution in [1.82, 2.24) is 4.90 Å². The minimum Gasteiger partial charge on any atom is -0.351 e. The number of rotatable bonds is 4. The molecule has 1 saturated heterocycles. The van der Waals surface area contributed by atoms with Crippen LogP contribution in [0.2, 0.25) is 0 Å². The molecule has 1 aliphatic heterocycles. The molecule has 1 fully saturated rings. The van der Waals surface area contributed by atoms with E-state index in [0.29, 0.717) is 10.6 Å². The van der Waals surface area contributed by atoms with Gasteiger partial charge in [-0.25, -0.2) is 4.79 Å². The summed E-state index contributed by atoms with van der Waals surface area (Å²) in [5.41, 5.74) is 6.70. The largest absolute Gasteiger partial charge is 0.351 e. The van der Waals surface area contributed by atoms with E-state index in [4.69, 9.17) is 5.73 Å². The number of benzene rings is 1. The van der Waals surface area contributed by atoms with Crippen LogP contribution in [0.15, 0.2) is 24.3 Å². The summed E-state index contributed by atoms with van der Waals surface area (Å²) in [7, 11) is 0. The van der Waals surface area contributed by atoms with Crippen LogP contribution in [0.4, 0.5) is 10.5 Å². The van der Waals surface area contributed by atoms with Crippen LogP contribution in [-0.2, 0) is 14.4 Å². The van der Waals surface area contributed by atoms with Gasteiger partial charge >= 0.3 is 6.03 Å². The molecule has 1 unspecified atom stereocenters. The Morgan fingerprint density at radius 2 is 1.95 bits per heavy atom. The molecule has 22 heavy (non-hydrogen) atoms. The number of imide groups is 3. The third-order valence-electron chi connectivity index (χ3n) is 3.08. The zero-order valence-electron chi connectivity index (χ0n) is 11.9. The van der Waals surface area contributed by atoms with Crippen molar-refractivity contribution >= 4 is 41.2 Å². The smallest absolute Gasteiger partial charge is 0.328 e. The van der Waals surface area contributed by atoms with Gasteiger partial charge in [0.1, 0.15) is 0 Å². The highest BCUT2D eigenvalue weighted by atomic mass is 32.2. The lowest BCUT2D eigenvalue weighted by atomic mass is 10.2. The summed E-state index contributed by atoms with van der Waals surface area (Å²) in [4.78, 5) is 46.6. The molecule has 0 saturated carbocycles. The first-order valence-electron chi connectivity index (χ1n) is 6.53. The standard InChI is InChI=1S/C14H15N3O4S/c1-8-2-4-9(5-3-8)16-11(18)7-22-10-6-12(19)17(13(10)20)14(15)21/h2-5,10H,6-7H2,1H3,(H2,15,21)(H,16,18). The SMILES string of the molecule is Cc1ccc(NC(=O)CSC2CC(=O)N(C(N)=O)C2=O)cc1. The number of aryl methyl sites for hydroxylation is 1. The predicted octanol–water partition coefficient (Wildman–Crippen LogP) is 0.873. The summed E-state index contributed by atoms with van der Waals surface area (Å²) < 4.78 is 0. The molecule has 0 bridgehead atoms. The van der Waals surface area contributed by atoms with E-state index in [1.54, 1.807) is 12.1 Å². The third kappa shape index (κ3) is 3.64. The number of amides is 5. The fourth-order valence-corrected chi connectivity index (χ4v) is 2.91. The Hall–Kier alpha value is -2.35. The van der Waals surface area contributed by atoms with Crippen molar-refractivity contribution in [2.24, 2.45) is 5.73 Å². The summed E-state index contributed by atoms with van der Waals surface area (Å²) in [6.45, 7) is 1.94. The lowest BCUT2D eigenvalue weighted by Crippen LogP contribution is -2.41. The highest BCUT2D eigenvalue weighted by Crippen LogP contribution is 2.25. The molecule has 1 aromatic carbocycles. The Bertz CT molecular complexity index is 629. The number of nitrogens with two attached hydrogens (primary N) is 1. The van der Waals surface area contributed by atoms with Crippen molar-refractivity contribution in [2.75, 3.05) is 11.1 Å². The maximum Gasteiger partial charge on any atom is 0.328 e.